The summed E-state index contributed by atoms with van der Waals surface area (Å²) in [5.74, 6) is 0.327. The summed E-state index contributed by atoms with van der Waals surface area (Å²) in [7, 11) is -0.288. The summed E-state index contributed by atoms with van der Waals surface area (Å²) in [5, 5.41) is 0. The molecule has 1 saturated heterocycles. The van der Waals surface area contributed by atoms with Crippen molar-refractivity contribution in [3.05, 3.63) is 0 Å². The third-order valence-electron chi connectivity index (χ3n) is 3.69. The molecular weight excluding hydrogens is 266 g/mol. The van der Waals surface area contributed by atoms with Gasteiger partial charge in [0.25, 0.3) is 10.2 Å². The van der Waals surface area contributed by atoms with Gasteiger partial charge in [0, 0.05) is 45.9 Å². The number of likely N-dealkylation sites (tertiary alicyclic amines) is 1. The lowest BCUT2D eigenvalue weighted by Gasteiger charge is -2.23. The molecule has 0 saturated carbocycles. The van der Waals surface area contributed by atoms with Crippen molar-refractivity contribution in [3.63, 3.8) is 0 Å². The van der Waals surface area contributed by atoms with E-state index in [4.69, 9.17) is 4.74 Å². The van der Waals surface area contributed by atoms with Crippen LogP contribution in [-0.4, -0.2) is 70.1 Å². The van der Waals surface area contributed by atoms with Crippen LogP contribution in [-0.2, 0) is 14.9 Å². The van der Waals surface area contributed by atoms with Gasteiger partial charge in [-0.15, -0.1) is 0 Å². The van der Waals surface area contributed by atoms with E-state index < -0.39 is 10.2 Å². The first kappa shape index (κ1) is 16.8. The number of hydrogen-bond donors (Lipinski definition) is 1. The zero-order chi connectivity index (χ0) is 14.6. The van der Waals surface area contributed by atoms with Gasteiger partial charge >= 0.3 is 0 Å². The van der Waals surface area contributed by atoms with Crippen LogP contribution in [0.15, 0.2) is 0 Å². The number of hydrogen-bond acceptors (Lipinski definition) is 4. The van der Waals surface area contributed by atoms with Gasteiger partial charge in [-0.2, -0.15) is 17.4 Å². The second kappa shape index (κ2) is 6.99. The Labute approximate surface area is 117 Å². The van der Waals surface area contributed by atoms with Crippen LogP contribution >= 0.6 is 0 Å². The first-order chi connectivity index (χ1) is 8.77. The maximum absolute atomic E-state index is 12.2. The quantitative estimate of drug-likeness (QED) is 0.725. The molecule has 7 heteroatoms. The molecule has 0 amide bonds. The van der Waals surface area contributed by atoms with Gasteiger partial charge in [0.05, 0.1) is 6.61 Å². The molecule has 0 unspecified atom stereocenters. The van der Waals surface area contributed by atoms with Gasteiger partial charge in [-0.25, -0.2) is 0 Å². The van der Waals surface area contributed by atoms with Gasteiger partial charge < -0.3 is 4.74 Å². The number of rotatable bonds is 7. The van der Waals surface area contributed by atoms with Crippen molar-refractivity contribution in [2.75, 3.05) is 40.4 Å². The third kappa shape index (κ3) is 4.68. The second-order valence-electron chi connectivity index (χ2n) is 5.57. The number of likely N-dealkylation sites (N-methyl/N-ethyl adjacent to an activating group) is 1. The van der Waals surface area contributed by atoms with Gasteiger partial charge in [-0.05, 0) is 19.8 Å². The molecule has 0 aliphatic carbocycles. The molecule has 2 atom stereocenters. The highest BCUT2D eigenvalue weighted by molar-refractivity contribution is 7.87. The Balaban J connectivity index is 2.58. The summed E-state index contributed by atoms with van der Waals surface area (Å²) < 4.78 is 33.3. The summed E-state index contributed by atoms with van der Waals surface area (Å²) in [6, 6.07) is 0.431. The number of ether oxygens (including phenoxy) is 1. The van der Waals surface area contributed by atoms with Crippen LogP contribution in [0.5, 0.6) is 0 Å². The van der Waals surface area contributed by atoms with Crippen LogP contribution in [0.2, 0.25) is 0 Å². The van der Waals surface area contributed by atoms with Crippen molar-refractivity contribution >= 4 is 10.2 Å². The largest absolute Gasteiger partial charge is 0.383 e. The Morgan fingerprint density at radius 3 is 2.53 bits per heavy atom. The van der Waals surface area contributed by atoms with Crippen LogP contribution < -0.4 is 4.72 Å². The van der Waals surface area contributed by atoms with Crippen LogP contribution in [0.1, 0.15) is 20.8 Å². The molecule has 0 bridgehead atoms. The van der Waals surface area contributed by atoms with E-state index in [2.05, 4.69) is 30.4 Å². The van der Waals surface area contributed by atoms with E-state index >= 15 is 0 Å². The normalized spacial score (nSPS) is 25.6. The minimum atomic E-state index is -3.42. The fraction of sp³-hybridized carbons (Fsp3) is 1.00. The standard InChI is InChI=1S/C12H27N3O3S/c1-10(2)15-8-11(3)12(9-15)13-19(16,17)14(4)6-7-18-5/h10-13H,6-9H2,1-5H3/t11-,12+/m1/s1. The van der Waals surface area contributed by atoms with Gasteiger partial charge in [0.15, 0.2) is 0 Å². The first-order valence-electron chi connectivity index (χ1n) is 6.74. The third-order valence-corrected chi connectivity index (χ3v) is 5.30. The first-order valence-corrected chi connectivity index (χ1v) is 8.18. The summed E-state index contributed by atoms with van der Waals surface area (Å²) in [6.07, 6.45) is 0. The predicted molar refractivity (Wildman–Crippen MR) is 76.2 cm³/mol. The Morgan fingerprint density at radius 2 is 2.05 bits per heavy atom. The molecule has 1 aliphatic heterocycles. The monoisotopic (exact) mass is 293 g/mol. The summed E-state index contributed by atoms with van der Waals surface area (Å²) in [6.45, 7) is 8.83. The molecule has 0 aromatic heterocycles. The molecule has 1 N–H and O–H groups in total. The van der Waals surface area contributed by atoms with Gasteiger partial charge in [-0.3, -0.25) is 4.90 Å². The molecule has 0 aromatic carbocycles. The highest BCUT2D eigenvalue weighted by Gasteiger charge is 2.34. The van der Waals surface area contributed by atoms with E-state index in [9.17, 15) is 8.42 Å². The van der Waals surface area contributed by atoms with E-state index in [0.29, 0.717) is 25.1 Å². The van der Waals surface area contributed by atoms with Crippen molar-refractivity contribution in [2.45, 2.75) is 32.9 Å². The van der Waals surface area contributed by atoms with Crippen LogP contribution in [0.3, 0.4) is 0 Å². The molecule has 1 rings (SSSR count). The molecule has 114 valence electrons. The molecule has 0 radical (unpaired) electrons. The van der Waals surface area contributed by atoms with E-state index in [0.717, 1.165) is 13.1 Å². The highest BCUT2D eigenvalue weighted by atomic mass is 32.2. The lowest BCUT2D eigenvalue weighted by atomic mass is 10.1. The molecule has 19 heavy (non-hydrogen) atoms. The average Bonchev–Trinajstić information content (AvgIpc) is 2.67. The molecule has 1 fully saturated rings. The molecule has 6 nitrogen and oxygen atoms in total. The van der Waals surface area contributed by atoms with E-state index in [-0.39, 0.29) is 6.04 Å². The minimum absolute atomic E-state index is 0.0163. The lowest BCUT2D eigenvalue weighted by molar-refractivity contribution is 0.184. The number of methoxy groups -OCH3 is 1. The van der Waals surface area contributed by atoms with Gasteiger partial charge in [-0.1, -0.05) is 6.92 Å². The zero-order valence-corrected chi connectivity index (χ0v) is 13.4. The van der Waals surface area contributed by atoms with Gasteiger partial charge in [0.1, 0.15) is 0 Å². The molecular formula is C12H27N3O3S. The smallest absolute Gasteiger partial charge is 0.279 e. The summed E-state index contributed by atoms with van der Waals surface area (Å²) >= 11 is 0. The fourth-order valence-corrected chi connectivity index (χ4v) is 3.38. The van der Waals surface area contributed by atoms with Crippen molar-refractivity contribution in [1.82, 2.24) is 13.9 Å². The lowest BCUT2D eigenvalue weighted by Crippen LogP contribution is -2.47. The fourth-order valence-electron chi connectivity index (χ4n) is 2.20. The topological polar surface area (TPSA) is 61.9 Å². The Hall–Kier alpha value is -0.210. The minimum Gasteiger partial charge on any atom is -0.383 e. The van der Waals surface area contributed by atoms with E-state index in [1.54, 1.807) is 14.2 Å². The maximum atomic E-state index is 12.2. The Kier molecular flexibility index (Phi) is 6.19. The van der Waals surface area contributed by atoms with Crippen molar-refractivity contribution in [1.29, 1.82) is 0 Å². The molecule has 0 aromatic rings. The molecule has 0 spiro atoms. The van der Waals surface area contributed by atoms with Crippen LogP contribution in [0.25, 0.3) is 0 Å². The van der Waals surface area contributed by atoms with Crippen molar-refractivity contribution in [2.24, 2.45) is 5.92 Å². The van der Waals surface area contributed by atoms with E-state index in [1.165, 1.54) is 4.31 Å². The van der Waals surface area contributed by atoms with Gasteiger partial charge in [0.2, 0.25) is 0 Å². The molecule has 1 aliphatic rings. The molecule has 1 heterocycles. The van der Waals surface area contributed by atoms with Crippen molar-refractivity contribution < 1.29 is 13.2 Å². The maximum Gasteiger partial charge on any atom is 0.279 e. The Bertz CT molecular complexity index is 372. The highest BCUT2D eigenvalue weighted by Crippen LogP contribution is 2.19. The number of nitrogens with one attached hydrogen (secondary N) is 1. The number of nitrogens with zero attached hydrogens (tertiary/aromatic N) is 2. The summed E-state index contributed by atoms with van der Waals surface area (Å²) in [5.41, 5.74) is 0. The van der Waals surface area contributed by atoms with Crippen LogP contribution in [0.4, 0.5) is 0 Å². The second-order valence-corrected chi connectivity index (χ2v) is 7.38. The van der Waals surface area contributed by atoms with Crippen LogP contribution in [0, 0.1) is 5.92 Å². The van der Waals surface area contributed by atoms with Crippen molar-refractivity contribution in [3.8, 4) is 0 Å². The van der Waals surface area contributed by atoms with E-state index in [1.807, 2.05) is 0 Å². The SMILES string of the molecule is COCCN(C)S(=O)(=O)N[C@H]1CN(C(C)C)C[C@H]1C. The summed E-state index contributed by atoms with van der Waals surface area (Å²) in [4.78, 5) is 2.30. The zero-order valence-electron chi connectivity index (χ0n) is 12.6. The Morgan fingerprint density at radius 1 is 1.42 bits per heavy atom. The average molecular weight is 293 g/mol. The predicted octanol–water partition coefficient (Wildman–Crippen LogP) is 0.128.